The molecule has 0 aromatic heterocycles. The first-order valence-electron chi connectivity index (χ1n) is 10.4. The van der Waals surface area contributed by atoms with Crippen LogP contribution in [0.4, 0.5) is 5.69 Å². The first-order chi connectivity index (χ1) is 14.9. The summed E-state index contributed by atoms with van der Waals surface area (Å²) in [5, 5.41) is 21.6. The van der Waals surface area contributed by atoms with Crippen molar-refractivity contribution in [3.05, 3.63) is 89.1 Å². The van der Waals surface area contributed by atoms with Gasteiger partial charge in [-0.1, -0.05) is 62.4 Å². The lowest BCUT2D eigenvalue weighted by molar-refractivity contribution is -0.123. The second kappa shape index (κ2) is 10.6. The maximum Gasteiger partial charge on any atom is 0.222 e. The average Bonchev–Trinajstić information content (AvgIpc) is 2.79. The van der Waals surface area contributed by atoms with Gasteiger partial charge < -0.3 is 10.4 Å². The van der Waals surface area contributed by atoms with Gasteiger partial charge in [0.25, 0.3) is 0 Å². The molecule has 0 saturated heterocycles. The average molecular weight is 418 g/mol. The molecule has 6 nitrogen and oxygen atoms in total. The zero-order valence-corrected chi connectivity index (χ0v) is 17.8. The second-order valence-corrected chi connectivity index (χ2v) is 7.74. The van der Waals surface area contributed by atoms with E-state index in [0.29, 0.717) is 35.5 Å². The summed E-state index contributed by atoms with van der Waals surface area (Å²) < 4.78 is 0. The lowest BCUT2D eigenvalue weighted by Gasteiger charge is -2.16. The number of Topliss-reactive ketones (excluding diaryl/α,β-unsaturated/α-hetero) is 1. The number of nitrogens with one attached hydrogen (secondary N) is 1. The van der Waals surface area contributed by atoms with Gasteiger partial charge in [-0.15, -0.1) is 0 Å². The van der Waals surface area contributed by atoms with E-state index in [-0.39, 0.29) is 17.6 Å². The minimum atomic E-state index is -0.845. The van der Waals surface area contributed by atoms with Gasteiger partial charge in [0.1, 0.15) is 0 Å². The molecule has 2 aromatic carbocycles. The number of aliphatic hydroxyl groups excluding tert-OH is 1. The van der Waals surface area contributed by atoms with E-state index in [1.807, 2.05) is 44.2 Å². The number of ketones is 1. The van der Waals surface area contributed by atoms with E-state index in [1.165, 1.54) is 0 Å². The quantitative estimate of drug-likeness (QED) is 0.488. The number of nitrogens with zero attached hydrogens (tertiary/aromatic N) is 2. The Bertz CT molecular complexity index is 1010. The predicted octanol–water partition coefficient (Wildman–Crippen LogP) is 4.54. The number of hydrogen-bond acceptors (Lipinski definition) is 5. The Morgan fingerprint density at radius 1 is 1.06 bits per heavy atom. The molecule has 6 heteroatoms. The first-order valence-corrected chi connectivity index (χ1v) is 10.4. The molecule has 1 amide bonds. The van der Waals surface area contributed by atoms with Crippen molar-refractivity contribution >= 4 is 17.4 Å². The van der Waals surface area contributed by atoms with Crippen LogP contribution in [-0.4, -0.2) is 29.4 Å². The van der Waals surface area contributed by atoms with Gasteiger partial charge in [-0.25, -0.2) is 0 Å². The van der Waals surface area contributed by atoms with Crippen LogP contribution in [0.3, 0.4) is 0 Å². The Balaban J connectivity index is 1.61. The zero-order valence-electron chi connectivity index (χ0n) is 17.8. The highest BCUT2D eigenvalue weighted by molar-refractivity contribution is 6.09. The van der Waals surface area contributed by atoms with Crippen molar-refractivity contribution in [2.45, 2.75) is 32.8 Å². The number of aliphatic hydroxyl groups is 1. The molecule has 0 aliphatic heterocycles. The van der Waals surface area contributed by atoms with Gasteiger partial charge in [0.2, 0.25) is 5.91 Å². The van der Waals surface area contributed by atoms with Gasteiger partial charge in [0.15, 0.2) is 5.78 Å². The van der Waals surface area contributed by atoms with E-state index in [4.69, 9.17) is 0 Å². The topological polar surface area (TPSA) is 91.1 Å². The molecule has 0 heterocycles. The Hall–Kier alpha value is -3.38. The van der Waals surface area contributed by atoms with Gasteiger partial charge in [-0.2, -0.15) is 10.2 Å². The van der Waals surface area contributed by atoms with Crippen LogP contribution < -0.4 is 5.32 Å². The summed E-state index contributed by atoms with van der Waals surface area (Å²) in [5.74, 6) is -0.173. The SMILES string of the molecule is CC(C)C(=O)NCCc1ccc(N=NC2=CCC(O)C(C(=O)c3ccccc3)=C2)cc1. The summed E-state index contributed by atoms with van der Waals surface area (Å²) in [6, 6.07) is 16.5. The number of hydrogen-bond donors (Lipinski definition) is 2. The van der Waals surface area contributed by atoms with Crippen molar-refractivity contribution in [1.82, 2.24) is 5.32 Å². The first kappa shape index (κ1) is 22.3. The monoisotopic (exact) mass is 417 g/mol. The van der Waals surface area contributed by atoms with Gasteiger partial charge in [0, 0.05) is 23.6 Å². The summed E-state index contributed by atoms with van der Waals surface area (Å²) in [4.78, 5) is 24.3. The van der Waals surface area contributed by atoms with Crippen molar-refractivity contribution in [2.24, 2.45) is 16.1 Å². The van der Waals surface area contributed by atoms with Crippen LogP contribution in [0.5, 0.6) is 0 Å². The molecule has 1 aliphatic rings. The fraction of sp³-hybridized carbons (Fsp3) is 0.280. The Morgan fingerprint density at radius 2 is 1.77 bits per heavy atom. The van der Waals surface area contributed by atoms with Gasteiger partial charge in [-0.3, -0.25) is 9.59 Å². The van der Waals surface area contributed by atoms with E-state index in [2.05, 4.69) is 15.5 Å². The van der Waals surface area contributed by atoms with Crippen molar-refractivity contribution < 1.29 is 14.7 Å². The molecule has 1 unspecified atom stereocenters. The standard InChI is InChI=1S/C25H27N3O3/c1-17(2)25(31)26-15-14-18-8-10-20(11-9-18)27-28-21-12-13-23(29)22(16-21)24(30)19-6-4-3-5-7-19/h3-12,16-17,23,29H,13-15H2,1-2H3,(H,26,31). The van der Waals surface area contributed by atoms with Crippen molar-refractivity contribution in [1.29, 1.82) is 0 Å². The molecule has 0 fully saturated rings. The molecular weight excluding hydrogens is 390 g/mol. The van der Waals surface area contributed by atoms with E-state index in [9.17, 15) is 14.7 Å². The van der Waals surface area contributed by atoms with Crippen LogP contribution in [0.25, 0.3) is 0 Å². The summed E-state index contributed by atoms with van der Waals surface area (Å²) in [6.07, 6.45) is 3.58. The number of rotatable bonds is 8. The highest BCUT2D eigenvalue weighted by atomic mass is 16.3. The van der Waals surface area contributed by atoms with E-state index in [1.54, 1.807) is 36.4 Å². The minimum absolute atomic E-state index is 0.0180. The Morgan fingerprint density at radius 3 is 2.45 bits per heavy atom. The molecule has 31 heavy (non-hydrogen) atoms. The van der Waals surface area contributed by atoms with Crippen LogP contribution in [0.15, 0.2) is 88.2 Å². The van der Waals surface area contributed by atoms with Crippen LogP contribution in [0.2, 0.25) is 0 Å². The van der Waals surface area contributed by atoms with Gasteiger partial charge in [-0.05, 0) is 36.6 Å². The van der Waals surface area contributed by atoms with Crippen LogP contribution in [-0.2, 0) is 11.2 Å². The number of carbonyl (C=O) groups excluding carboxylic acids is 2. The van der Waals surface area contributed by atoms with Gasteiger partial charge in [0.05, 0.1) is 17.5 Å². The van der Waals surface area contributed by atoms with E-state index in [0.717, 1.165) is 12.0 Å². The molecule has 0 radical (unpaired) electrons. The number of benzene rings is 2. The highest BCUT2D eigenvalue weighted by Gasteiger charge is 2.22. The maximum absolute atomic E-state index is 12.7. The molecule has 3 rings (SSSR count). The normalized spacial score (nSPS) is 16.2. The van der Waals surface area contributed by atoms with Crippen molar-refractivity contribution in [3.63, 3.8) is 0 Å². The molecule has 160 valence electrons. The third-order valence-electron chi connectivity index (χ3n) is 4.97. The van der Waals surface area contributed by atoms with Crippen molar-refractivity contribution in [3.8, 4) is 0 Å². The molecule has 1 atom stereocenters. The minimum Gasteiger partial charge on any atom is -0.388 e. The number of amides is 1. The summed E-state index contributed by atoms with van der Waals surface area (Å²) in [5.41, 5.74) is 3.18. The third-order valence-corrected chi connectivity index (χ3v) is 4.97. The Labute approximate surface area is 182 Å². The molecule has 1 aliphatic carbocycles. The zero-order chi connectivity index (χ0) is 22.2. The summed E-state index contributed by atoms with van der Waals surface area (Å²) >= 11 is 0. The Kier molecular flexibility index (Phi) is 7.62. The van der Waals surface area contributed by atoms with Crippen LogP contribution in [0, 0.1) is 5.92 Å². The highest BCUT2D eigenvalue weighted by Crippen LogP contribution is 2.24. The van der Waals surface area contributed by atoms with E-state index >= 15 is 0 Å². The molecule has 2 N–H and O–H groups in total. The predicted molar refractivity (Wildman–Crippen MR) is 120 cm³/mol. The van der Waals surface area contributed by atoms with Crippen molar-refractivity contribution in [2.75, 3.05) is 6.54 Å². The van der Waals surface area contributed by atoms with Crippen LogP contribution in [0.1, 0.15) is 36.2 Å². The van der Waals surface area contributed by atoms with Crippen LogP contribution >= 0.6 is 0 Å². The number of azo groups is 1. The lowest BCUT2D eigenvalue weighted by Crippen LogP contribution is -2.29. The fourth-order valence-corrected chi connectivity index (χ4v) is 3.10. The third kappa shape index (κ3) is 6.30. The fourth-order valence-electron chi connectivity index (χ4n) is 3.10. The molecule has 0 bridgehead atoms. The largest absolute Gasteiger partial charge is 0.388 e. The molecular formula is C25H27N3O3. The smallest absolute Gasteiger partial charge is 0.222 e. The number of carbonyl (C=O) groups is 2. The maximum atomic E-state index is 12.7. The summed E-state index contributed by atoms with van der Waals surface area (Å²) in [6.45, 7) is 4.33. The molecule has 2 aromatic rings. The van der Waals surface area contributed by atoms with Gasteiger partial charge >= 0.3 is 0 Å². The summed E-state index contributed by atoms with van der Waals surface area (Å²) in [7, 11) is 0. The van der Waals surface area contributed by atoms with E-state index < -0.39 is 6.10 Å². The second-order valence-electron chi connectivity index (χ2n) is 7.74. The molecule has 0 spiro atoms. The molecule has 0 saturated carbocycles. The lowest BCUT2D eigenvalue weighted by atomic mass is 9.93. The number of allylic oxidation sites excluding steroid dienone is 1.